The summed E-state index contributed by atoms with van der Waals surface area (Å²) in [6, 6.07) is 0.528. The zero-order chi connectivity index (χ0) is 8.60. The van der Waals surface area contributed by atoms with Gasteiger partial charge in [-0.25, -0.2) is 0 Å². The van der Waals surface area contributed by atoms with Crippen molar-refractivity contribution in [1.82, 2.24) is 0 Å². The quantitative estimate of drug-likeness (QED) is 0.597. The van der Waals surface area contributed by atoms with Crippen molar-refractivity contribution in [2.24, 2.45) is 17.1 Å². The Bertz CT molecular complexity index is 158. The molecular weight excluding hydrogens is 146 g/mol. The summed E-state index contributed by atoms with van der Waals surface area (Å²) >= 11 is 0. The number of nitrogens with two attached hydrogens (primary N) is 1. The zero-order valence-corrected chi connectivity index (χ0v) is 8.18. The largest absolute Gasteiger partial charge is 0.327 e. The summed E-state index contributed by atoms with van der Waals surface area (Å²) in [5.41, 5.74) is 6.53. The van der Waals surface area contributed by atoms with Crippen LogP contribution in [0.25, 0.3) is 0 Å². The molecule has 2 aliphatic carbocycles. The van der Waals surface area contributed by atoms with Crippen LogP contribution < -0.4 is 5.73 Å². The highest BCUT2D eigenvalue weighted by Crippen LogP contribution is 2.54. The van der Waals surface area contributed by atoms with Gasteiger partial charge in [0.25, 0.3) is 0 Å². The second kappa shape index (κ2) is 3.02. The molecule has 12 heavy (non-hydrogen) atoms. The third-order valence-corrected chi connectivity index (χ3v) is 4.13. The van der Waals surface area contributed by atoms with Crippen LogP contribution in [-0.2, 0) is 0 Å². The summed E-state index contributed by atoms with van der Waals surface area (Å²) in [5.74, 6) is 0.954. The summed E-state index contributed by atoms with van der Waals surface area (Å²) in [6.07, 6.45) is 10.0. The molecule has 2 atom stereocenters. The minimum Gasteiger partial charge on any atom is -0.327 e. The van der Waals surface area contributed by atoms with E-state index in [0.29, 0.717) is 11.5 Å². The van der Waals surface area contributed by atoms with Crippen LogP contribution in [0.5, 0.6) is 0 Å². The molecule has 0 amide bonds. The Morgan fingerprint density at radius 1 is 1.08 bits per heavy atom. The van der Waals surface area contributed by atoms with Crippen LogP contribution in [0.4, 0.5) is 0 Å². The van der Waals surface area contributed by atoms with Crippen molar-refractivity contribution in [3.05, 3.63) is 0 Å². The molecule has 70 valence electrons. The van der Waals surface area contributed by atoms with E-state index in [9.17, 15) is 0 Å². The Kier molecular flexibility index (Phi) is 2.16. The number of rotatable bonds is 1. The monoisotopic (exact) mass is 167 g/mol. The van der Waals surface area contributed by atoms with Crippen molar-refractivity contribution in [2.45, 2.75) is 57.9 Å². The second-order valence-corrected chi connectivity index (χ2v) is 5.00. The van der Waals surface area contributed by atoms with Crippen LogP contribution >= 0.6 is 0 Å². The number of hydrogen-bond donors (Lipinski definition) is 1. The summed E-state index contributed by atoms with van der Waals surface area (Å²) in [5, 5.41) is 0. The van der Waals surface area contributed by atoms with Crippen LogP contribution in [0.3, 0.4) is 0 Å². The highest BCUT2D eigenvalue weighted by atomic mass is 14.8. The molecule has 1 heteroatoms. The lowest BCUT2D eigenvalue weighted by atomic mass is 9.84. The molecule has 0 unspecified atom stereocenters. The summed E-state index contributed by atoms with van der Waals surface area (Å²) < 4.78 is 0. The van der Waals surface area contributed by atoms with Crippen LogP contribution in [0.2, 0.25) is 0 Å². The SMILES string of the molecule is C[C@]1(C2CCCCCC2)C[C@@H]1N. The van der Waals surface area contributed by atoms with E-state index in [4.69, 9.17) is 5.73 Å². The van der Waals surface area contributed by atoms with E-state index in [2.05, 4.69) is 6.92 Å². The summed E-state index contributed by atoms with van der Waals surface area (Å²) in [4.78, 5) is 0. The van der Waals surface area contributed by atoms with E-state index >= 15 is 0 Å². The van der Waals surface area contributed by atoms with Gasteiger partial charge in [-0.05, 0) is 30.6 Å². The summed E-state index contributed by atoms with van der Waals surface area (Å²) in [7, 11) is 0. The third kappa shape index (κ3) is 1.39. The molecule has 2 rings (SSSR count). The molecule has 0 aliphatic heterocycles. The van der Waals surface area contributed by atoms with Gasteiger partial charge in [0.2, 0.25) is 0 Å². The highest BCUT2D eigenvalue weighted by Gasteiger charge is 2.52. The molecule has 2 aliphatic rings. The fraction of sp³-hybridized carbons (Fsp3) is 1.00. The minimum atomic E-state index is 0.528. The van der Waals surface area contributed by atoms with E-state index < -0.39 is 0 Å². The van der Waals surface area contributed by atoms with Gasteiger partial charge in [0, 0.05) is 6.04 Å². The molecule has 0 spiro atoms. The van der Waals surface area contributed by atoms with E-state index in [-0.39, 0.29) is 0 Å². The van der Waals surface area contributed by atoms with Crippen LogP contribution in [-0.4, -0.2) is 6.04 Å². The van der Waals surface area contributed by atoms with Crippen LogP contribution in [0, 0.1) is 11.3 Å². The van der Waals surface area contributed by atoms with Crippen molar-refractivity contribution in [3.8, 4) is 0 Å². The van der Waals surface area contributed by atoms with Gasteiger partial charge in [0.05, 0.1) is 0 Å². The van der Waals surface area contributed by atoms with Gasteiger partial charge in [-0.2, -0.15) is 0 Å². The van der Waals surface area contributed by atoms with E-state index in [1.54, 1.807) is 0 Å². The van der Waals surface area contributed by atoms with Crippen LogP contribution in [0.1, 0.15) is 51.9 Å². The van der Waals surface area contributed by atoms with Gasteiger partial charge in [0.1, 0.15) is 0 Å². The van der Waals surface area contributed by atoms with Crippen molar-refractivity contribution in [3.63, 3.8) is 0 Å². The molecular formula is C11H21N. The minimum absolute atomic E-state index is 0.528. The molecule has 0 aromatic rings. The molecule has 2 fully saturated rings. The number of hydrogen-bond acceptors (Lipinski definition) is 1. The fourth-order valence-electron chi connectivity index (χ4n) is 2.82. The molecule has 0 aromatic heterocycles. The molecule has 2 saturated carbocycles. The first-order valence-corrected chi connectivity index (χ1v) is 5.49. The van der Waals surface area contributed by atoms with Gasteiger partial charge in [-0.3, -0.25) is 0 Å². The maximum atomic E-state index is 5.98. The first-order valence-electron chi connectivity index (χ1n) is 5.49. The maximum absolute atomic E-state index is 5.98. The van der Waals surface area contributed by atoms with Crippen molar-refractivity contribution in [1.29, 1.82) is 0 Å². The highest BCUT2D eigenvalue weighted by molar-refractivity contribution is 5.06. The molecule has 0 bridgehead atoms. The van der Waals surface area contributed by atoms with Gasteiger partial charge in [-0.1, -0.05) is 32.6 Å². The lowest BCUT2D eigenvalue weighted by Crippen LogP contribution is -2.20. The molecule has 0 heterocycles. The van der Waals surface area contributed by atoms with E-state index in [1.165, 1.54) is 44.9 Å². The lowest BCUT2D eigenvalue weighted by molar-refractivity contribution is 0.289. The normalized spacial score (nSPS) is 44.0. The lowest BCUT2D eigenvalue weighted by Gasteiger charge is -2.22. The van der Waals surface area contributed by atoms with Gasteiger partial charge in [-0.15, -0.1) is 0 Å². The van der Waals surface area contributed by atoms with E-state index in [1.807, 2.05) is 0 Å². The Balaban J connectivity index is 1.93. The average molecular weight is 167 g/mol. The predicted octanol–water partition coefficient (Wildman–Crippen LogP) is 2.69. The molecule has 0 aromatic carbocycles. The van der Waals surface area contributed by atoms with Crippen LogP contribution in [0.15, 0.2) is 0 Å². The molecule has 1 nitrogen and oxygen atoms in total. The first-order chi connectivity index (χ1) is 5.73. The third-order valence-electron chi connectivity index (χ3n) is 4.13. The Morgan fingerprint density at radius 2 is 1.58 bits per heavy atom. The van der Waals surface area contributed by atoms with E-state index in [0.717, 1.165) is 5.92 Å². The Morgan fingerprint density at radius 3 is 2.00 bits per heavy atom. The van der Waals surface area contributed by atoms with Crippen molar-refractivity contribution < 1.29 is 0 Å². The van der Waals surface area contributed by atoms with Gasteiger partial charge >= 0.3 is 0 Å². The fourth-order valence-corrected chi connectivity index (χ4v) is 2.82. The predicted molar refractivity (Wildman–Crippen MR) is 51.9 cm³/mol. The smallest absolute Gasteiger partial charge is 0.0102 e. The maximum Gasteiger partial charge on any atom is 0.0102 e. The second-order valence-electron chi connectivity index (χ2n) is 5.00. The average Bonchev–Trinajstić information content (AvgIpc) is 2.71. The van der Waals surface area contributed by atoms with Crippen molar-refractivity contribution >= 4 is 0 Å². The Labute approximate surface area is 75.7 Å². The first kappa shape index (κ1) is 8.55. The van der Waals surface area contributed by atoms with Gasteiger partial charge < -0.3 is 5.73 Å². The standard InChI is InChI=1S/C11H21N/c1-11(8-10(11)12)9-6-4-2-3-5-7-9/h9-10H,2-8,12H2,1H3/t10-,11+/m0/s1. The Hall–Kier alpha value is -0.0400. The zero-order valence-electron chi connectivity index (χ0n) is 8.18. The molecule has 2 N–H and O–H groups in total. The van der Waals surface area contributed by atoms with Gasteiger partial charge in [0.15, 0.2) is 0 Å². The van der Waals surface area contributed by atoms with Crippen molar-refractivity contribution in [2.75, 3.05) is 0 Å². The molecule has 0 radical (unpaired) electrons. The summed E-state index contributed by atoms with van der Waals surface area (Å²) in [6.45, 7) is 2.40. The molecule has 0 saturated heterocycles. The topological polar surface area (TPSA) is 26.0 Å².